The third-order valence-electron chi connectivity index (χ3n) is 3.86. The summed E-state index contributed by atoms with van der Waals surface area (Å²) in [6.45, 7) is 7.27. The predicted molar refractivity (Wildman–Crippen MR) is 82.7 cm³/mol. The number of hydrogen-bond acceptors (Lipinski definition) is 5. The van der Waals surface area contributed by atoms with E-state index < -0.39 is 0 Å². The Hall–Kier alpha value is -1.10. The van der Waals surface area contributed by atoms with Gasteiger partial charge in [0.05, 0.1) is 6.61 Å². The topological polar surface area (TPSA) is 42.4 Å². The number of nitrogens with zero attached hydrogens (tertiary/aromatic N) is 2. The lowest BCUT2D eigenvalue weighted by Crippen LogP contribution is -2.36. The molecule has 0 N–H and O–H groups in total. The maximum atomic E-state index is 11.9. The Balaban J connectivity index is 2.17. The summed E-state index contributed by atoms with van der Waals surface area (Å²) in [6, 6.07) is 0.578. The van der Waals surface area contributed by atoms with Crippen LogP contribution in [0, 0.1) is 6.92 Å². The van der Waals surface area contributed by atoms with Crippen LogP contribution >= 0.6 is 11.3 Å². The van der Waals surface area contributed by atoms with Gasteiger partial charge in [0.15, 0.2) is 10.8 Å². The number of aryl methyl sites for hydroxylation is 1. The van der Waals surface area contributed by atoms with Crippen molar-refractivity contribution >= 4 is 22.4 Å². The average Bonchev–Trinajstić information content (AvgIpc) is 2.83. The van der Waals surface area contributed by atoms with E-state index in [1.54, 1.807) is 11.3 Å². The molecule has 20 heavy (non-hydrogen) atoms. The number of aromatic nitrogens is 1. The van der Waals surface area contributed by atoms with Crippen LogP contribution < -0.4 is 4.90 Å². The Morgan fingerprint density at radius 1 is 1.35 bits per heavy atom. The van der Waals surface area contributed by atoms with Crippen molar-refractivity contribution in [2.24, 2.45) is 0 Å². The van der Waals surface area contributed by atoms with E-state index in [0.29, 0.717) is 18.3 Å². The van der Waals surface area contributed by atoms with E-state index >= 15 is 0 Å². The molecule has 0 aromatic carbocycles. The zero-order valence-electron chi connectivity index (χ0n) is 12.6. The normalized spacial score (nSPS) is 16.1. The molecule has 0 saturated heterocycles. The molecular weight excluding hydrogens is 272 g/mol. The van der Waals surface area contributed by atoms with E-state index in [2.05, 4.69) is 16.8 Å². The van der Waals surface area contributed by atoms with E-state index in [0.717, 1.165) is 16.6 Å². The fourth-order valence-electron chi connectivity index (χ4n) is 2.84. The minimum absolute atomic E-state index is 0.299. The standard InChI is InChI=1S/C15H24N2O2S/c1-4-17(12-9-7-6-8-10-12)15-16-13(11(3)20-15)14(18)19-5-2/h12H,4-10H2,1-3H3. The van der Waals surface area contributed by atoms with Gasteiger partial charge in [-0.3, -0.25) is 0 Å². The first kappa shape index (κ1) is 15.3. The highest BCUT2D eigenvalue weighted by atomic mass is 32.1. The van der Waals surface area contributed by atoms with E-state index in [4.69, 9.17) is 4.74 Å². The van der Waals surface area contributed by atoms with Gasteiger partial charge in [-0.05, 0) is 33.6 Å². The first-order valence-electron chi connectivity index (χ1n) is 7.58. The number of hydrogen-bond donors (Lipinski definition) is 0. The van der Waals surface area contributed by atoms with Crippen molar-refractivity contribution < 1.29 is 9.53 Å². The molecule has 1 heterocycles. The van der Waals surface area contributed by atoms with Crippen molar-refractivity contribution in [3.8, 4) is 0 Å². The number of esters is 1. The Labute approximate surface area is 125 Å². The van der Waals surface area contributed by atoms with Crippen molar-refractivity contribution in [1.29, 1.82) is 0 Å². The van der Waals surface area contributed by atoms with Gasteiger partial charge in [0.25, 0.3) is 0 Å². The van der Waals surface area contributed by atoms with Crippen LogP contribution in [-0.2, 0) is 4.74 Å². The van der Waals surface area contributed by atoms with Crippen molar-refractivity contribution in [3.05, 3.63) is 10.6 Å². The van der Waals surface area contributed by atoms with Crippen LogP contribution in [-0.4, -0.2) is 30.1 Å². The maximum Gasteiger partial charge on any atom is 0.358 e. The molecule has 1 aromatic rings. The lowest BCUT2D eigenvalue weighted by Gasteiger charge is -2.33. The molecule has 2 rings (SSSR count). The number of anilines is 1. The summed E-state index contributed by atoms with van der Waals surface area (Å²) in [5.41, 5.74) is 0.487. The second kappa shape index (κ2) is 7.07. The van der Waals surface area contributed by atoms with Crippen LogP contribution in [0.3, 0.4) is 0 Å². The van der Waals surface area contributed by atoms with Crippen molar-refractivity contribution in [2.45, 2.75) is 58.9 Å². The summed E-state index contributed by atoms with van der Waals surface area (Å²) in [6.07, 6.45) is 6.42. The third kappa shape index (κ3) is 3.32. The number of ether oxygens (including phenoxy) is 1. The lowest BCUT2D eigenvalue weighted by molar-refractivity contribution is 0.0519. The summed E-state index contributed by atoms with van der Waals surface area (Å²) >= 11 is 1.61. The summed E-state index contributed by atoms with van der Waals surface area (Å²) in [4.78, 5) is 19.7. The van der Waals surface area contributed by atoms with Gasteiger partial charge in [-0.1, -0.05) is 19.3 Å². The molecule has 1 aliphatic carbocycles. The fraction of sp³-hybridized carbons (Fsp3) is 0.733. The Kier molecular flexibility index (Phi) is 5.40. The van der Waals surface area contributed by atoms with Crippen molar-refractivity contribution in [3.63, 3.8) is 0 Å². The van der Waals surface area contributed by atoms with Crippen LogP contribution in [0.5, 0.6) is 0 Å². The lowest BCUT2D eigenvalue weighted by atomic mass is 9.94. The molecule has 5 heteroatoms. The highest BCUT2D eigenvalue weighted by Gasteiger charge is 2.25. The molecule has 0 bridgehead atoms. The van der Waals surface area contributed by atoms with Crippen LogP contribution in [0.1, 0.15) is 61.3 Å². The smallest absolute Gasteiger partial charge is 0.358 e. The van der Waals surface area contributed by atoms with Gasteiger partial charge in [-0.25, -0.2) is 9.78 Å². The Morgan fingerprint density at radius 2 is 2.05 bits per heavy atom. The number of carbonyl (C=O) groups excluding carboxylic acids is 1. The minimum atomic E-state index is -0.299. The van der Waals surface area contributed by atoms with Gasteiger partial charge in [0.2, 0.25) is 0 Å². The van der Waals surface area contributed by atoms with Crippen molar-refractivity contribution in [1.82, 2.24) is 4.98 Å². The van der Waals surface area contributed by atoms with Gasteiger partial charge < -0.3 is 9.64 Å². The SMILES string of the molecule is CCOC(=O)c1nc(N(CC)C2CCCCC2)sc1C. The largest absolute Gasteiger partial charge is 0.461 e. The van der Waals surface area contributed by atoms with Gasteiger partial charge in [-0.15, -0.1) is 11.3 Å². The second-order valence-electron chi connectivity index (χ2n) is 5.20. The summed E-state index contributed by atoms with van der Waals surface area (Å²) < 4.78 is 5.07. The molecule has 0 unspecified atom stereocenters. The summed E-state index contributed by atoms with van der Waals surface area (Å²) in [5.74, 6) is -0.299. The van der Waals surface area contributed by atoms with Gasteiger partial charge >= 0.3 is 5.97 Å². The average molecular weight is 296 g/mol. The molecule has 1 saturated carbocycles. The molecule has 0 aliphatic heterocycles. The van der Waals surface area contributed by atoms with E-state index in [1.807, 2.05) is 13.8 Å². The molecular formula is C15H24N2O2S. The molecule has 0 spiro atoms. The number of carbonyl (C=O) groups is 1. The first-order chi connectivity index (χ1) is 9.67. The van der Waals surface area contributed by atoms with Crippen LogP contribution in [0.2, 0.25) is 0 Å². The molecule has 0 atom stereocenters. The van der Waals surface area contributed by atoms with Crippen LogP contribution in [0.4, 0.5) is 5.13 Å². The predicted octanol–water partition coefficient (Wildman–Crippen LogP) is 3.79. The summed E-state index contributed by atoms with van der Waals surface area (Å²) in [7, 11) is 0. The molecule has 4 nitrogen and oxygen atoms in total. The molecule has 112 valence electrons. The quantitative estimate of drug-likeness (QED) is 0.775. The van der Waals surface area contributed by atoms with E-state index in [-0.39, 0.29) is 5.97 Å². The molecule has 1 fully saturated rings. The fourth-order valence-corrected chi connectivity index (χ4v) is 3.87. The van der Waals surface area contributed by atoms with Gasteiger partial charge in [0.1, 0.15) is 0 Å². The van der Waals surface area contributed by atoms with Gasteiger partial charge in [-0.2, -0.15) is 0 Å². The van der Waals surface area contributed by atoms with E-state index in [9.17, 15) is 4.79 Å². The van der Waals surface area contributed by atoms with E-state index in [1.165, 1.54) is 32.1 Å². The minimum Gasteiger partial charge on any atom is -0.461 e. The molecule has 1 aromatic heterocycles. The Bertz CT molecular complexity index is 453. The third-order valence-corrected chi connectivity index (χ3v) is 4.86. The zero-order chi connectivity index (χ0) is 14.5. The van der Waals surface area contributed by atoms with Crippen LogP contribution in [0.25, 0.3) is 0 Å². The van der Waals surface area contributed by atoms with Crippen molar-refractivity contribution in [2.75, 3.05) is 18.1 Å². The Morgan fingerprint density at radius 3 is 2.65 bits per heavy atom. The highest BCUT2D eigenvalue weighted by molar-refractivity contribution is 7.15. The number of rotatable bonds is 5. The zero-order valence-corrected chi connectivity index (χ0v) is 13.5. The number of thiazole rings is 1. The molecule has 0 amide bonds. The molecule has 1 aliphatic rings. The maximum absolute atomic E-state index is 11.9. The molecule has 0 radical (unpaired) electrons. The monoisotopic (exact) mass is 296 g/mol. The second-order valence-corrected chi connectivity index (χ2v) is 6.38. The first-order valence-corrected chi connectivity index (χ1v) is 8.40. The van der Waals surface area contributed by atoms with Crippen LogP contribution in [0.15, 0.2) is 0 Å². The summed E-state index contributed by atoms with van der Waals surface area (Å²) in [5, 5.41) is 0.972. The highest BCUT2D eigenvalue weighted by Crippen LogP contribution is 2.31. The van der Waals surface area contributed by atoms with Gasteiger partial charge in [0, 0.05) is 17.5 Å².